The molecule has 8 nitrogen and oxygen atoms in total. The molecule has 116 valence electrons. The van der Waals surface area contributed by atoms with Gasteiger partial charge in [-0.2, -0.15) is 4.72 Å². The van der Waals surface area contributed by atoms with Crippen molar-refractivity contribution in [1.82, 2.24) is 4.72 Å². The fourth-order valence-electron chi connectivity index (χ4n) is 1.71. The van der Waals surface area contributed by atoms with Crippen LogP contribution >= 0.6 is 0 Å². The Bertz CT molecular complexity index is 668. The number of nitrogens with zero attached hydrogens (tertiary/aromatic N) is 1. The molecule has 1 atom stereocenters. The molecule has 0 aromatic heterocycles. The van der Waals surface area contributed by atoms with Crippen LogP contribution in [0.25, 0.3) is 0 Å². The van der Waals surface area contributed by atoms with E-state index in [2.05, 4.69) is 4.72 Å². The topological polar surface area (TPSA) is 127 Å². The zero-order chi connectivity index (χ0) is 16.4. The smallest absolute Gasteiger partial charge is 0.322 e. The third kappa shape index (κ3) is 3.99. The van der Waals surface area contributed by atoms with E-state index >= 15 is 0 Å². The predicted molar refractivity (Wildman–Crippen MR) is 74.4 cm³/mol. The number of aryl methyl sites for hydroxylation is 1. The molecule has 21 heavy (non-hydrogen) atoms. The molecule has 0 saturated heterocycles. The molecule has 0 aliphatic carbocycles. The first-order chi connectivity index (χ1) is 9.56. The summed E-state index contributed by atoms with van der Waals surface area (Å²) in [7, 11) is -4.07. The Morgan fingerprint density at radius 3 is 2.33 bits per heavy atom. The molecule has 0 aliphatic rings. The number of hydrogen-bond donors (Lipinski definition) is 2. The largest absolute Gasteiger partial charge is 0.480 e. The zero-order valence-corrected chi connectivity index (χ0v) is 12.5. The summed E-state index contributed by atoms with van der Waals surface area (Å²) in [5.74, 6) is -1.73. The van der Waals surface area contributed by atoms with Crippen LogP contribution in [0.15, 0.2) is 23.1 Å². The normalized spacial score (nSPS) is 13.1. The number of nitrogens with one attached hydrogen (secondary N) is 1. The monoisotopic (exact) mass is 316 g/mol. The second-order valence-electron chi connectivity index (χ2n) is 4.89. The number of nitro groups is 1. The van der Waals surface area contributed by atoms with Crippen molar-refractivity contribution in [3.05, 3.63) is 33.9 Å². The summed E-state index contributed by atoms with van der Waals surface area (Å²) in [6.07, 6.45) is 0. The van der Waals surface area contributed by atoms with Crippen LogP contribution in [0.5, 0.6) is 0 Å². The Labute approximate surface area is 122 Å². The van der Waals surface area contributed by atoms with E-state index in [0.29, 0.717) is 0 Å². The van der Waals surface area contributed by atoms with E-state index in [0.717, 1.165) is 18.2 Å². The molecule has 0 saturated carbocycles. The fourth-order valence-corrected chi connectivity index (χ4v) is 3.13. The number of carboxylic acids is 1. The molecule has 0 heterocycles. The van der Waals surface area contributed by atoms with Gasteiger partial charge in [0.05, 0.1) is 9.82 Å². The van der Waals surface area contributed by atoms with Gasteiger partial charge in [-0.3, -0.25) is 14.9 Å². The van der Waals surface area contributed by atoms with E-state index in [-0.39, 0.29) is 16.1 Å². The number of sulfonamides is 1. The van der Waals surface area contributed by atoms with Crippen LogP contribution in [0, 0.1) is 23.0 Å². The highest BCUT2D eigenvalue weighted by atomic mass is 32.2. The highest BCUT2D eigenvalue weighted by Gasteiger charge is 2.28. The Kier molecular flexibility index (Phi) is 5.02. The summed E-state index contributed by atoms with van der Waals surface area (Å²) in [6.45, 7) is 4.55. The molecule has 1 aromatic rings. The van der Waals surface area contributed by atoms with Crippen molar-refractivity contribution < 1.29 is 23.2 Å². The molecule has 0 radical (unpaired) electrons. The average Bonchev–Trinajstić information content (AvgIpc) is 2.34. The van der Waals surface area contributed by atoms with Gasteiger partial charge in [0, 0.05) is 11.6 Å². The van der Waals surface area contributed by atoms with Gasteiger partial charge in [0.15, 0.2) is 0 Å². The molecule has 9 heteroatoms. The second-order valence-corrected chi connectivity index (χ2v) is 6.60. The van der Waals surface area contributed by atoms with Crippen molar-refractivity contribution >= 4 is 21.7 Å². The SMILES string of the molecule is Cc1cc(S(=O)(=O)N[C@H](C(=O)O)C(C)C)ccc1[N+](=O)[O-]. The predicted octanol–water partition coefficient (Wildman–Crippen LogP) is 1.29. The molecular formula is C12H16N2O6S. The van der Waals surface area contributed by atoms with Crippen molar-refractivity contribution in [2.45, 2.75) is 31.7 Å². The number of hydrogen-bond acceptors (Lipinski definition) is 5. The highest BCUT2D eigenvalue weighted by Crippen LogP contribution is 2.22. The lowest BCUT2D eigenvalue weighted by molar-refractivity contribution is -0.385. The maximum Gasteiger partial charge on any atom is 0.322 e. The number of benzene rings is 1. The van der Waals surface area contributed by atoms with Gasteiger partial charge in [-0.1, -0.05) is 13.8 Å². The van der Waals surface area contributed by atoms with Gasteiger partial charge < -0.3 is 5.11 Å². The molecule has 0 unspecified atom stereocenters. The summed E-state index contributed by atoms with van der Waals surface area (Å²) >= 11 is 0. The van der Waals surface area contributed by atoms with E-state index in [4.69, 9.17) is 5.11 Å². The van der Waals surface area contributed by atoms with Crippen molar-refractivity contribution in [2.24, 2.45) is 5.92 Å². The number of nitro benzene ring substituents is 1. The second kappa shape index (κ2) is 6.19. The Morgan fingerprint density at radius 1 is 1.38 bits per heavy atom. The van der Waals surface area contributed by atoms with Crippen LogP contribution in [0.4, 0.5) is 5.69 Å². The fraction of sp³-hybridized carbons (Fsp3) is 0.417. The zero-order valence-electron chi connectivity index (χ0n) is 11.7. The Morgan fingerprint density at radius 2 is 1.95 bits per heavy atom. The minimum absolute atomic E-state index is 0.180. The maximum absolute atomic E-state index is 12.1. The van der Waals surface area contributed by atoms with Gasteiger partial charge in [-0.05, 0) is 25.0 Å². The first kappa shape index (κ1) is 17.1. The standard InChI is InChI=1S/C12H16N2O6S/c1-7(2)11(12(15)16)13-21(19,20)9-4-5-10(14(17)18)8(3)6-9/h4-7,11,13H,1-3H3,(H,15,16)/t11-/m0/s1. The molecule has 0 spiro atoms. The molecule has 1 rings (SSSR count). The van der Waals surface area contributed by atoms with E-state index < -0.39 is 32.9 Å². The van der Waals surface area contributed by atoms with Crippen LogP contribution < -0.4 is 4.72 Å². The number of aliphatic carboxylic acids is 1. The van der Waals surface area contributed by atoms with Crippen LogP contribution in [-0.4, -0.2) is 30.5 Å². The molecular weight excluding hydrogens is 300 g/mol. The van der Waals surface area contributed by atoms with Crippen molar-refractivity contribution in [1.29, 1.82) is 0 Å². The third-order valence-electron chi connectivity index (χ3n) is 2.89. The van der Waals surface area contributed by atoms with E-state index in [1.54, 1.807) is 13.8 Å². The lowest BCUT2D eigenvalue weighted by atomic mass is 10.1. The van der Waals surface area contributed by atoms with Gasteiger partial charge in [-0.15, -0.1) is 0 Å². The number of carbonyl (C=O) groups is 1. The van der Waals surface area contributed by atoms with Crippen LogP contribution in [0.2, 0.25) is 0 Å². The van der Waals surface area contributed by atoms with E-state index in [1.165, 1.54) is 6.92 Å². The van der Waals surface area contributed by atoms with Gasteiger partial charge in [0.1, 0.15) is 6.04 Å². The first-order valence-corrected chi connectivity index (χ1v) is 7.54. The number of rotatable bonds is 6. The first-order valence-electron chi connectivity index (χ1n) is 6.06. The lowest BCUT2D eigenvalue weighted by Gasteiger charge is -2.18. The molecule has 0 bridgehead atoms. The summed E-state index contributed by atoms with van der Waals surface area (Å²) in [4.78, 5) is 20.9. The third-order valence-corrected chi connectivity index (χ3v) is 4.33. The quantitative estimate of drug-likeness (QED) is 0.601. The van der Waals surface area contributed by atoms with Crippen molar-refractivity contribution in [2.75, 3.05) is 0 Å². The van der Waals surface area contributed by atoms with Gasteiger partial charge in [-0.25, -0.2) is 8.42 Å². The minimum Gasteiger partial charge on any atom is -0.480 e. The van der Waals surface area contributed by atoms with E-state index in [1.807, 2.05) is 0 Å². The highest BCUT2D eigenvalue weighted by molar-refractivity contribution is 7.89. The van der Waals surface area contributed by atoms with Gasteiger partial charge in [0.2, 0.25) is 10.0 Å². The van der Waals surface area contributed by atoms with E-state index in [9.17, 15) is 23.3 Å². The van der Waals surface area contributed by atoms with Gasteiger partial charge in [0.25, 0.3) is 5.69 Å². The maximum atomic E-state index is 12.1. The van der Waals surface area contributed by atoms with Gasteiger partial charge >= 0.3 is 5.97 Å². The van der Waals surface area contributed by atoms with Crippen LogP contribution in [0.3, 0.4) is 0 Å². The van der Waals surface area contributed by atoms with Crippen LogP contribution in [-0.2, 0) is 14.8 Å². The Hall–Kier alpha value is -2.00. The number of carboxylic acid groups (broad SMARTS) is 1. The molecule has 0 amide bonds. The van der Waals surface area contributed by atoms with Crippen molar-refractivity contribution in [3.63, 3.8) is 0 Å². The summed E-state index contributed by atoms with van der Waals surface area (Å²) in [5, 5.41) is 19.7. The van der Waals surface area contributed by atoms with Crippen molar-refractivity contribution in [3.8, 4) is 0 Å². The average molecular weight is 316 g/mol. The lowest BCUT2D eigenvalue weighted by Crippen LogP contribution is -2.44. The summed E-state index contributed by atoms with van der Waals surface area (Å²) < 4.78 is 26.4. The summed E-state index contributed by atoms with van der Waals surface area (Å²) in [6, 6.07) is 2.02. The molecule has 0 fully saturated rings. The molecule has 2 N–H and O–H groups in total. The Balaban J connectivity index is 3.17. The molecule has 0 aliphatic heterocycles. The van der Waals surface area contributed by atoms with Crippen LogP contribution in [0.1, 0.15) is 19.4 Å². The minimum atomic E-state index is -4.07. The summed E-state index contributed by atoms with van der Waals surface area (Å²) in [5.41, 5.74) is -0.0214. The molecule has 1 aromatic carbocycles.